The van der Waals surface area contributed by atoms with E-state index in [1.807, 2.05) is 0 Å². The maximum absolute atomic E-state index is 5.56. The molecule has 0 rings (SSSR count). The van der Waals surface area contributed by atoms with E-state index in [-0.39, 0.29) is 0 Å². The van der Waals surface area contributed by atoms with Crippen molar-refractivity contribution in [2.45, 2.75) is 39.0 Å². The molecule has 0 aliphatic rings. The molecule has 47 heavy (non-hydrogen) atoms. The standard InChI is InChI=1S/C34H68O13/c1-3-5-6-7-8-10-36-12-14-38-16-18-40-20-22-42-24-26-44-28-30-46-32-34-47-33-31-45-29-27-43-25-23-41-21-19-39-17-15-37-13-11-35-9-4-2/h4H,2-3,5-34H2,1H3. The van der Waals surface area contributed by atoms with Crippen LogP contribution in [0.15, 0.2) is 12.7 Å². The summed E-state index contributed by atoms with van der Waals surface area (Å²) in [6.07, 6.45) is 7.99. The smallest absolute Gasteiger partial charge is 0.0704 e. The molecule has 0 spiro atoms. The number of unbranched alkanes of at least 4 members (excludes halogenated alkanes) is 4. The van der Waals surface area contributed by atoms with Crippen molar-refractivity contribution in [3.05, 3.63) is 12.7 Å². The van der Waals surface area contributed by atoms with E-state index in [0.717, 1.165) is 13.0 Å². The zero-order valence-electron chi connectivity index (χ0n) is 29.5. The fraction of sp³-hybridized carbons (Fsp3) is 0.941. The van der Waals surface area contributed by atoms with Gasteiger partial charge in [0.15, 0.2) is 0 Å². The van der Waals surface area contributed by atoms with Crippen LogP contribution in [0.3, 0.4) is 0 Å². The topological polar surface area (TPSA) is 120 Å². The quantitative estimate of drug-likeness (QED) is 0.0690. The fourth-order valence-corrected chi connectivity index (χ4v) is 3.61. The Labute approximate surface area is 285 Å². The molecule has 0 saturated heterocycles. The molecule has 0 aromatic carbocycles. The van der Waals surface area contributed by atoms with Crippen LogP contribution in [-0.4, -0.2) is 172 Å². The molecular weight excluding hydrogens is 616 g/mol. The highest BCUT2D eigenvalue weighted by Gasteiger charge is 1.97. The molecule has 0 aromatic heterocycles. The fourth-order valence-electron chi connectivity index (χ4n) is 3.61. The lowest BCUT2D eigenvalue weighted by molar-refractivity contribution is -0.0289. The van der Waals surface area contributed by atoms with Crippen LogP contribution in [-0.2, 0) is 61.6 Å². The molecule has 0 unspecified atom stereocenters. The van der Waals surface area contributed by atoms with Crippen molar-refractivity contribution in [1.82, 2.24) is 0 Å². The molecule has 0 bridgehead atoms. The molecule has 282 valence electrons. The summed E-state index contributed by atoms with van der Waals surface area (Å²) in [7, 11) is 0. The molecule has 0 atom stereocenters. The maximum Gasteiger partial charge on any atom is 0.0704 e. The van der Waals surface area contributed by atoms with Crippen molar-refractivity contribution >= 4 is 0 Å². The Morgan fingerprint density at radius 1 is 0.277 bits per heavy atom. The Bertz CT molecular complexity index is 560. The van der Waals surface area contributed by atoms with Crippen LogP contribution >= 0.6 is 0 Å². The number of hydrogen-bond donors (Lipinski definition) is 0. The summed E-state index contributed by atoms with van der Waals surface area (Å²) in [6.45, 7) is 20.1. The van der Waals surface area contributed by atoms with Gasteiger partial charge in [-0.3, -0.25) is 0 Å². The lowest BCUT2D eigenvalue weighted by atomic mass is 10.2. The summed E-state index contributed by atoms with van der Waals surface area (Å²) in [5.41, 5.74) is 0. The molecule has 0 radical (unpaired) electrons. The van der Waals surface area contributed by atoms with Gasteiger partial charge in [-0.25, -0.2) is 0 Å². The minimum absolute atomic E-state index is 0.513. The molecule has 0 aliphatic carbocycles. The first-order chi connectivity index (χ1) is 23.4. The summed E-state index contributed by atoms with van der Waals surface area (Å²) in [4.78, 5) is 0. The zero-order chi connectivity index (χ0) is 33.8. The summed E-state index contributed by atoms with van der Waals surface area (Å²) in [5, 5.41) is 0. The minimum atomic E-state index is 0.513. The molecule has 0 aromatic rings. The number of hydrogen-bond acceptors (Lipinski definition) is 13. The molecule has 0 aliphatic heterocycles. The SMILES string of the molecule is C=CCOCCOCCOCCOCCOCCOCCOCCOCCOCCOCCOCCOCCOCCCCCCC. The van der Waals surface area contributed by atoms with E-state index < -0.39 is 0 Å². The first-order valence-electron chi connectivity index (χ1n) is 17.5. The van der Waals surface area contributed by atoms with E-state index >= 15 is 0 Å². The van der Waals surface area contributed by atoms with Crippen molar-refractivity contribution in [3.63, 3.8) is 0 Å². The monoisotopic (exact) mass is 684 g/mol. The normalized spacial score (nSPS) is 11.5. The second kappa shape index (κ2) is 45.2. The second-order valence-corrected chi connectivity index (χ2v) is 10.1. The maximum atomic E-state index is 5.56. The highest BCUT2D eigenvalue weighted by molar-refractivity contribution is 4.63. The first-order valence-corrected chi connectivity index (χ1v) is 17.5. The van der Waals surface area contributed by atoms with Gasteiger partial charge < -0.3 is 61.6 Å². The van der Waals surface area contributed by atoms with Gasteiger partial charge >= 0.3 is 0 Å². The highest BCUT2D eigenvalue weighted by Crippen LogP contribution is 2.02. The molecule has 0 saturated carbocycles. The Morgan fingerprint density at radius 3 is 0.723 bits per heavy atom. The van der Waals surface area contributed by atoms with Gasteiger partial charge in [0.25, 0.3) is 0 Å². The summed E-state index contributed by atoms with van der Waals surface area (Å²) in [5.74, 6) is 0. The molecular formula is C34H68O13. The third kappa shape index (κ3) is 45.2. The lowest BCUT2D eigenvalue weighted by Crippen LogP contribution is -2.15. The van der Waals surface area contributed by atoms with Gasteiger partial charge in [0.05, 0.1) is 165 Å². The third-order valence-electron chi connectivity index (χ3n) is 6.09. The number of rotatable bonds is 44. The van der Waals surface area contributed by atoms with Gasteiger partial charge in [-0.15, -0.1) is 6.58 Å². The average Bonchev–Trinajstić information content (AvgIpc) is 3.08. The summed E-state index contributed by atoms with van der Waals surface area (Å²) < 4.78 is 70.9. The molecule has 0 fully saturated rings. The van der Waals surface area contributed by atoms with Gasteiger partial charge in [0, 0.05) is 6.61 Å². The highest BCUT2D eigenvalue weighted by atomic mass is 16.6. The van der Waals surface area contributed by atoms with Crippen LogP contribution in [0.4, 0.5) is 0 Å². The van der Waals surface area contributed by atoms with Crippen molar-refractivity contribution in [3.8, 4) is 0 Å². The van der Waals surface area contributed by atoms with Gasteiger partial charge in [0.2, 0.25) is 0 Å². The zero-order valence-corrected chi connectivity index (χ0v) is 29.5. The molecule has 0 amide bonds. The molecule has 0 heterocycles. The van der Waals surface area contributed by atoms with E-state index in [1.54, 1.807) is 6.08 Å². The number of ether oxygens (including phenoxy) is 13. The Kier molecular flexibility index (Phi) is 44.5. The van der Waals surface area contributed by atoms with Crippen molar-refractivity contribution < 1.29 is 61.6 Å². The molecule has 0 N–H and O–H groups in total. The average molecular weight is 685 g/mol. The van der Waals surface area contributed by atoms with E-state index in [4.69, 9.17) is 61.6 Å². The second-order valence-electron chi connectivity index (χ2n) is 10.1. The van der Waals surface area contributed by atoms with Gasteiger partial charge in [-0.2, -0.15) is 0 Å². The predicted octanol–water partition coefficient (Wildman–Crippen LogP) is 3.36. The van der Waals surface area contributed by atoms with Crippen LogP contribution in [0.25, 0.3) is 0 Å². The van der Waals surface area contributed by atoms with Gasteiger partial charge in [0.1, 0.15) is 0 Å². The first kappa shape index (κ1) is 46.2. The van der Waals surface area contributed by atoms with E-state index in [1.165, 1.54) is 25.7 Å². The predicted molar refractivity (Wildman–Crippen MR) is 180 cm³/mol. The van der Waals surface area contributed by atoms with E-state index in [0.29, 0.717) is 165 Å². The minimum Gasteiger partial charge on any atom is -0.379 e. The Morgan fingerprint density at radius 2 is 0.489 bits per heavy atom. The Balaban J connectivity index is 3.04. The summed E-state index contributed by atoms with van der Waals surface area (Å²) in [6, 6.07) is 0. The van der Waals surface area contributed by atoms with E-state index in [9.17, 15) is 0 Å². The molecule has 13 nitrogen and oxygen atoms in total. The Hall–Kier alpha value is -0.780. The van der Waals surface area contributed by atoms with Gasteiger partial charge in [-0.1, -0.05) is 38.7 Å². The van der Waals surface area contributed by atoms with Crippen LogP contribution in [0.2, 0.25) is 0 Å². The van der Waals surface area contributed by atoms with Crippen molar-refractivity contribution in [2.75, 3.05) is 172 Å². The largest absolute Gasteiger partial charge is 0.379 e. The van der Waals surface area contributed by atoms with Crippen LogP contribution < -0.4 is 0 Å². The van der Waals surface area contributed by atoms with Gasteiger partial charge in [-0.05, 0) is 6.42 Å². The van der Waals surface area contributed by atoms with Crippen LogP contribution in [0.1, 0.15) is 39.0 Å². The molecule has 13 heteroatoms. The van der Waals surface area contributed by atoms with Crippen LogP contribution in [0, 0.1) is 0 Å². The van der Waals surface area contributed by atoms with Crippen LogP contribution in [0.5, 0.6) is 0 Å². The van der Waals surface area contributed by atoms with E-state index in [2.05, 4.69) is 13.5 Å². The third-order valence-corrected chi connectivity index (χ3v) is 6.09. The van der Waals surface area contributed by atoms with Crippen molar-refractivity contribution in [2.24, 2.45) is 0 Å². The lowest BCUT2D eigenvalue weighted by Gasteiger charge is -2.09. The summed E-state index contributed by atoms with van der Waals surface area (Å²) >= 11 is 0. The van der Waals surface area contributed by atoms with Crippen molar-refractivity contribution in [1.29, 1.82) is 0 Å².